The van der Waals surface area contributed by atoms with Crippen molar-refractivity contribution in [3.63, 3.8) is 0 Å². The third-order valence-electron chi connectivity index (χ3n) is 5.74. The average Bonchev–Trinajstić information content (AvgIpc) is 3.37. The summed E-state index contributed by atoms with van der Waals surface area (Å²) in [5.74, 6) is 0.366. The van der Waals surface area contributed by atoms with Crippen molar-refractivity contribution in [2.24, 2.45) is 0 Å². The lowest BCUT2D eigenvalue weighted by Gasteiger charge is -2.31. The second-order valence-corrected chi connectivity index (χ2v) is 11.3. The summed E-state index contributed by atoms with van der Waals surface area (Å²) in [5, 5.41) is 6.31. The molecule has 0 aliphatic carbocycles. The fourth-order valence-corrected chi connectivity index (χ4v) is 6.72. The zero-order valence-corrected chi connectivity index (χ0v) is 20.6. The van der Waals surface area contributed by atoms with Crippen LogP contribution in [0.1, 0.15) is 33.8 Å². The van der Waals surface area contributed by atoms with E-state index >= 15 is 0 Å². The summed E-state index contributed by atoms with van der Waals surface area (Å²) in [5.41, 5.74) is 1.46. The number of nitrogens with one attached hydrogen (secondary N) is 2. The largest absolute Gasteiger partial charge is 0.497 e. The SMILES string of the molecule is COc1cccc(C(=O)NCc2ccc(S(=O)(=O)N3CCC(NCc4ccccn4)CC3)s2)c1. The van der Waals surface area contributed by atoms with Gasteiger partial charge in [0.1, 0.15) is 9.96 Å². The first-order valence-electron chi connectivity index (χ1n) is 11.1. The number of pyridine rings is 1. The average molecular weight is 501 g/mol. The molecule has 0 saturated carbocycles. The lowest BCUT2D eigenvalue weighted by atomic mass is 10.1. The van der Waals surface area contributed by atoms with E-state index in [4.69, 9.17) is 4.74 Å². The summed E-state index contributed by atoms with van der Waals surface area (Å²) in [6.07, 6.45) is 3.27. The number of amides is 1. The van der Waals surface area contributed by atoms with Gasteiger partial charge in [-0.15, -0.1) is 11.3 Å². The Bertz CT molecular complexity index is 1210. The van der Waals surface area contributed by atoms with Gasteiger partial charge < -0.3 is 15.4 Å². The number of thiophene rings is 1. The number of carbonyl (C=O) groups excluding carboxylic acids is 1. The van der Waals surface area contributed by atoms with E-state index in [0.29, 0.717) is 35.2 Å². The van der Waals surface area contributed by atoms with Gasteiger partial charge in [0.25, 0.3) is 15.9 Å². The van der Waals surface area contributed by atoms with Crippen molar-refractivity contribution in [2.75, 3.05) is 20.2 Å². The van der Waals surface area contributed by atoms with Gasteiger partial charge in [0.15, 0.2) is 0 Å². The molecule has 3 heterocycles. The maximum absolute atomic E-state index is 13.1. The first kappa shape index (κ1) is 24.3. The van der Waals surface area contributed by atoms with Gasteiger partial charge in [-0.3, -0.25) is 9.78 Å². The highest BCUT2D eigenvalue weighted by Gasteiger charge is 2.30. The Morgan fingerprint density at radius 3 is 2.68 bits per heavy atom. The molecule has 1 amide bonds. The van der Waals surface area contributed by atoms with Crippen LogP contribution in [0.3, 0.4) is 0 Å². The van der Waals surface area contributed by atoms with Crippen LogP contribution in [0.2, 0.25) is 0 Å². The van der Waals surface area contributed by atoms with Crippen molar-refractivity contribution in [1.29, 1.82) is 0 Å². The summed E-state index contributed by atoms with van der Waals surface area (Å²) in [6.45, 7) is 1.88. The van der Waals surface area contributed by atoms with Crippen molar-refractivity contribution in [3.05, 3.63) is 76.9 Å². The minimum absolute atomic E-state index is 0.239. The summed E-state index contributed by atoms with van der Waals surface area (Å²) in [4.78, 5) is 17.5. The first-order chi connectivity index (χ1) is 16.5. The number of aromatic nitrogens is 1. The predicted octanol–water partition coefficient (Wildman–Crippen LogP) is 3.02. The van der Waals surface area contributed by atoms with Gasteiger partial charge in [-0.05, 0) is 55.3 Å². The van der Waals surface area contributed by atoms with Crippen LogP contribution in [0, 0.1) is 0 Å². The molecule has 1 aliphatic heterocycles. The molecule has 1 aliphatic rings. The normalized spacial score (nSPS) is 15.2. The second kappa shape index (κ2) is 11.1. The van der Waals surface area contributed by atoms with Gasteiger partial charge in [0, 0.05) is 42.3 Å². The smallest absolute Gasteiger partial charge is 0.252 e. The summed E-state index contributed by atoms with van der Waals surface area (Å²) >= 11 is 1.19. The highest BCUT2D eigenvalue weighted by molar-refractivity contribution is 7.91. The predicted molar refractivity (Wildman–Crippen MR) is 131 cm³/mol. The van der Waals surface area contributed by atoms with Gasteiger partial charge in [-0.25, -0.2) is 8.42 Å². The summed E-state index contributed by atoms with van der Waals surface area (Å²) in [7, 11) is -2.00. The minimum atomic E-state index is -3.55. The number of hydrogen-bond donors (Lipinski definition) is 2. The van der Waals surface area contributed by atoms with Gasteiger partial charge in [-0.1, -0.05) is 12.1 Å². The summed E-state index contributed by atoms with van der Waals surface area (Å²) in [6, 6.07) is 16.3. The lowest BCUT2D eigenvalue weighted by molar-refractivity contribution is 0.0951. The maximum atomic E-state index is 13.1. The van der Waals surface area contributed by atoms with Gasteiger partial charge >= 0.3 is 0 Å². The molecule has 0 spiro atoms. The Kier molecular flexibility index (Phi) is 7.94. The molecule has 0 unspecified atom stereocenters. The molecule has 8 nitrogen and oxygen atoms in total. The number of carbonyl (C=O) groups is 1. The van der Waals surface area contributed by atoms with E-state index in [1.54, 1.807) is 54.0 Å². The monoisotopic (exact) mass is 500 g/mol. The lowest BCUT2D eigenvalue weighted by Crippen LogP contribution is -2.44. The highest BCUT2D eigenvalue weighted by atomic mass is 32.2. The molecule has 1 fully saturated rings. The van der Waals surface area contributed by atoms with Crippen molar-refractivity contribution in [1.82, 2.24) is 19.9 Å². The number of methoxy groups -OCH3 is 1. The topological polar surface area (TPSA) is 101 Å². The number of benzene rings is 1. The van der Waals surface area contributed by atoms with Gasteiger partial charge in [0.2, 0.25) is 0 Å². The third-order valence-corrected chi connectivity index (χ3v) is 9.19. The van der Waals surface area contributed by atoms with Crippen molar-refractivity contribution in [2.45, 2.75) is 36.2 Å². The van der Waals surface area contributed by atoms with Crippen LogP contribution in [0.15, 0.2) is 65.0 Å². The van der Waals surface area contributed by atoms with E-state index in [1.165, 1.54) is 11.3 Å². The Balaban J connectivity index is 1.29. The molecular formula is C24H28N4O4S2. The minimum Gasteiger partial charge on any atom is -0.497 e. The standard InChI is InChI=1S/C24H28N4O4S2/c1-32-21-7-4-5-18(15-21)24(29)27-17-22-8-9-23(33-22)34(30,31)28-13-10-19(11-14-28)26-16-20-6-2-3-12-25-20/h2-9,12,15,19,26H,10-11,13-14,16-17H2,1H3,(H,27,29). The Morgan fingerprint density at radius 2 is 1.94 bits per heavy atom. The van der Waals surface area contributed by atoms with Crippen LogP contribution in [0.5, 0.6) is 5.75 Å². The molecule has 2 N–H and O–H groups in total. The van der Waals surface area contributed by atoms with Gasteiger partial charge in [-0.2, -0.15) is 4.31 Å². The fraction of sp³-hybridized carbons (Fsp3) is 0.333. The zero-order valence-electron chi connectivity index (χ0n) is 18.9. The van der Waals surface area contributed by atoms with E-state index in [1.807, 2.05) is 18.2 Å². The molecule has 3 aromatic rings. The Morgan fingerprint density at radius 1 is 1.12 bits per heavy atom. The zero-order chi connectivity index (χ0) is 24.0. The molecular weight excluding hydrogens is 472 g/mol. The molecule has 2 aromatic heterocycles. The summed E-state index contributed by atoms with van der Waals surface area (Å²) < 4.78 is 33.2. The molecule has 0 radical (unpaired) electrons. The molecule has 1 aromatic carbocycles. The maximum Gasteiger partial charge on any atom is 0.252 e. The second-order valence-electron chi connectivity index (χ2n) is 8.02. The van der Waals surface area contributed by atoms with Crippen LogP contribution in [0.4, 0.5) is 0 Å². The van der Waals surface area contributed by atoms with Gasteiger partial charge in [0.05, 0.1) is 19.3 Å². The van der Waals surface area contributed by atoms with Crippen molar-refractivity contribution >= 4 is 27.3 Å². The van der Waals surface area contributed by atoms with Crippen LogP contribution >= 0.6 is 11.3 Å². The number of piperidine rings is 1. The molecule has 0 bridgehead atoms. The fourth-order valence-electron chi connectivity index (χ4n) is 3.80. The molecule has 180 valence electrons. The van der Waals surface area contributed by atoms with Crippen LogP contribution in [-0.4, -0.2) is 49.9 Å². The quantitative estimate of drug-likeness (QED) is 0.469. The number of sulfonamides is 1. The van der Waals surface area contributed by atoms with E-state index in [2.05, 4.69) is 15.6 Å². The molecule has 10 heteroatoms. The number of ether oxygens (including phenoxy) is 1. The molecule has 1 saturated heterocycles. The van der Waals surface area contributed by atoms with Crippen LogP contribution in [-0.2, 0) is 23.1 Å². The first-order valence-corrected chi connectivity index (χ1v) is 13.4. The van der Waals surface area contributed by atoms with E-state index in [0.717, 1.165) is 23.4 Å². The highest BCUT2D eigenvalue weighted by Crippen LogP contribution is 2.27. The number of rotatable bonds is 9. The molecule has 34 heavy (non-hydrogen) atoms. The van der Waals surface area contributed by atoms with Crippen LogP contribution < -0.4 is 15.4 Å². The third kappa shape index (κ3) is 6.01. The van der Waals surface area contributed by atoms with E-state index < -0.39 is 10.0 Å². The van der Waals surface area contributed by atoms with Crippen LogP contribution in [0.25, 0.3) is 0 Å². The number of hydrogen-bond acceptors (Lipinski definition) is 7. The Hall–Kier alpha value is -2.79. The van der Waals surface area contributed by atoms with Crippen molar-refractivity contribution < 1.29 is 17.9 Å². The molecule has 4 rings (SSSR count). The van der Waals surface area contributed by atoms with E-state index in [-0.39, 0.29) is 18.5 Å². The van der Waals surface area contributed by atoms with Crippen molar-refractivity contribution in [3.8, 4) is 5.75 Å². The van der Waals surface area contributed by atoms with E-state index in [9.17, 15) is 13.2 Å². The molecule has 0 atom stereocenters. The number of nitrogens with zero attached hydrogens (tertiary/aromatic N) is 2. The Labute approximate surface area is 204 Å².